The Hall–Kier alpha value is -4.12. The number of nitrogens with zero attached hydrogens (tertiary/aromatic N) is 3. The number of ether oxygens (including phenoxy) is 1. The Labute approximate surface area is 173 Å². The van der Waals surface area contributed by atoms with Gasteiger partial charge >= 0.3 is 0 Å². The zero-order valence-corrected chi connectivity index (χ0v) is 16.4. The van der Waals surface area contributed by atoms with Crippen molar-refractivity contribution in [2.45, 2.75) is 0 Å². The number of aliphatic imine (C=N–C) groups is 1. The van der Waals surface area contributed by atoms with Gasteiger partial charge in [0, 0.05) is 23.5 Å². The number of hydrogen-bond acceptors (Lipinski definition) is 4. The van der Waals surface area contributed by atoms with Crippen molar-refractivity contribution in [2.75, 3.05) is 7.11 Å². The summed E-state index contributed by atoms with van der Waals surface area (Å²) in [6, 6.07) is 25.5. The molecule has 0 saturated carbocycles. The average molecular weight is 393 g/mol. The van der Waals surface area contributed by atoms with Crippen molar-refractivity contribution in [3.05, 3.63) is 90.6 Å². The van der Waals surface area contributed by atoms with Gasteiger partial charge < -0.3 is 9.84 Å². The summed E-state index contributed by atoms with van der Waals surface area (Å²) in [5, 5.41) is 12.3. The Morgan fingerprint density at radius 3 is 2.70 bits per heavy atom. The number of hydrogen-bond donors (Lipinski definition) is 1. The lowest BCUT2D eigenvalue weighted by atomic mass is 10.1. The normalized spacial score (nSPS) is 11.5. The summed E-state index contributed by atoms with van der Waals surface area (Å²) in [6.45, 7) is 0. The molecule has 0 saturated heterocycles. The van der Waals surface area contributed by atoms with Crippen LogP contribution in [-0.2, 0) is 0 Å². The molecule has 0 aliphatic carbocycles. The van der Waals surface area contributed by atoms with E-state index < -0.39 is 0 Å². The molecule has 0 atom stereocenters. The Morgan fingerprint density at radius 2 is 1.80 bits per heavy atom. The Bertz CT molecular complexity index is 1400. The van der Waals surface area contributed by atoms with Gasteiger partial charge in [-0.05, 0) is 41.1 Å². The monoisotopic (exact) mass is 393 g/mol. The number of rotatable bonds is 4. The first-order valence-electron chi connectivity index (χ1n) is 9.61. The van der Waals surface area contributed by atoms with E-state index in [1.165, 1.54) is 12.5 Å². The lowest BCUT2D eigenvalue weighted by Crippen LogP contribution is -1.88. The minimum atomic E-state index is 0.0887. The van der Waals surface area contributed by atoms with Gasteiger partial charge in [-0.25, -0.2) is 9.98 Å². The minimum absolute atomic E-state index is 0.0887. The largest absolute Gasteiger partial charge is 0.504 e. The van der Waals surface area contributed by atoms with Gasteiger partial charge in [-0.15, -0.1) is 0 Å². The highest BCUT2D eigenvalue weighted by atomic mass is 16.5. The molecular weight excluding hydrogens is 374 g/mol. The first kappa shape index (κ1) is 17.9. The van der Waals surface area contributed by atoms with Crippen LogP contribution in [0.3, 0.4) is 0 Å². The molecule has 5 aromatic rings. The lowest BCUT2D eigenvalue weighted by molar-refractivity contribution is 0.373. The summed E-state index contributed by atoms with van der Waals surface area (Å²) >= 11 is 0. The predicted molar refractivity (Wildman–Crippen MR) is 120 cm³/mol. The Kier molecular flexibility index (Phi) is 4.41. The van der Waals surface area contributed by atoms with Crippen LogP contribution >= 0.6 is 0 Å². The SMILES string of the molecule is COc1cc(-c2nc3ccccn3c2/N=C/c2cccc3ccccc23)ccc1O. The van der Waals surface area contributed by atoms with Crippen LogP contribution in [0.2, 0.25) is 0 Å². The van der Waals surface area contributed by atoms with E-state index in [9.17, 15) is 5.11 Å². The number of fused-ring (bicyclic) bond motifs is 2. The fourth-order valence-corrected chi connectivity index (χ4v) is 3.62. The highest BCUT2D eigenvalue weighted by Gasteiger charge is 2.15. The minimum Gasteiger partial charge on any atom is -0.504 e. The molecule has 146 valence electrons. The van der Waals surface area contributed by atoms with Crippen molar-refractivity contribution >= 4 is 28.5 Å². The number of pyridine rings is 1. The summed E-state index contributed by atoms with van der Waals surface area (Å²) < 4.78 is 7.23. The summed E-state index contributed by atoms with van der Waals surface area (Å²) in [5.74, 6) is 1.20. The van der Waals surface area contributed by atoms with Gasteiger partial charge in [-0.1, -0.05) is 48.5 Å². The van der Waals surface area contributed by atoms with E-state index in [2.05, 4.69) is 24.3 Å². The molecule has 5 heteroatoms. The highest BCUT2D eigenvalue weighted by Crippen LogP contribution is 2.36. The average Bonchev–Trinajstić information content (AvgIpc) is 3.16. The maximum Gasteiger partial charge on any atom is 0.165 e. The maximum atomic E-state index is 9.96. The molecule has 2 heterocycles. The molecule has 30 heavy (non-hydrogen) atoms. The van der Waals surface area contributed by atoms with Crippen molar-refractivity contribution < 1.29 is 9.84 Å². The van der Waals surface area contributed by atoms with Gasteiger partial charge in [0.05, 0.1) is 7.11 Å². The molecular formula is C25H19N3O2. The number of aromatic hydroxyl groups is 1. The molecule has 0 fully saturated rings. The molecule has 0 bridgehead atoms. The van der Waals surface area contributed by atoms with Crippen molar-refractivity contribution in [3.63, 3.8) is 0 Å². The summed E-state index contributed by atoms with van der Waals surface area (Å²) in [7, 11) is 1.53. The number of phenolic OH excluding ortho intramolecular Hbond substituents is 1. The summed E-state index contributed by atoms with van der Waals surface area (Å²) in [6.07, 6.45) is 3.82. The zero-order valence-electron chi connectivity index (χ0n) is 16.4. The summed E-state index contributed by atoms with van der Waals surface area (Å²) in [5.41, 5.74) is 3.37. The Morgan fingerprint density at radius 1 is 0.967 bits per heavy atom. The number of imidazole rings is 1. The molecule has 5 nitrogen and oxygen atoms in total. The van der Waals surface area contributed by atoms with Gasteiger partial charge in [0.1, 0.15) is 11.3 Å². The van der Waals surface area contributed by atoms with E-state index in [0.717, 1.165) is 27.9 Å². The molecule has 0 aliphatic rings. The molecule has 1 N–H and O–H groups in total. The number of benzene rings is 3. The van der Waals surface area contributed by atoms with Gasteiger partial charge in [0.15, 0.2) is 17.3 Å². The molecule has 0 radical (unpaired) electrons. The van der Waals surface area contributed by atoms with Crippen molar-refractivity contribution in [3.8, 4) is 22.8 Å². The molecule has 0 amide bonds. The van der Waals surface area contributed by atoms with Gasteiger partial charge in [-0.3, -0.25) is 4.40 Å². The third-order valence-electron chi connectivity index (χ3n) is 5.11. The first-order valence-corrected chi connectivity index (χ1v) is 9.61. The van der Waals surface area contributed by atoms with E-state index >= 15 is 0 Å². The molecule has 2 aromatic heterocycles. The van der Waals surface area contributed by atoms with Crippen LogP contribution in [0.25, 0.3) is 27.7 Å². The van der Waals surface area contributed by atoms with Crippen molar-refractivity contribution in [1.82, 2.24) is 9.38 Å². The third-order valence-corrected chi connectivity index (χ3v) is 5.11. The van der Waals surface area contributed by atoms with E-state index in [1.54, 1.807) is 12.1 Å². The second kappa shape index (κ2) is 7.37. The van der Waals surface area contributed by atoms with Crippen LogP contribution in [0.5, 0.6) is 11.5 Å². The maximum absolute atomic E-state index is 9.96. The van der Waals surface area contributed by atoms with Crippen LogP contribution < -0.4 is 4.74 Å². The van der Waals surface area contributed by atoms with Crippen LogP contribution in [0.4, 0.5) is 5.82 Å². The van der Waals surface area contributed by atoms with Gasteiger partial charge in [-0.2, -0.15) is 0 Å². The third kappa shape index (κ3) is 3.06. The molecule has 0 spiro atoms. The number of aromatic nitrogens is 2. The Balaban J connectivity index is 1.69. The second-order valence-electron chi connectivity index (χ2n) is 6.93. The highest BCUT2D eigenvalue weighted by molar-refractivity contribution is 6.00. The van der Waals surface area contributed by atoms with E-state index in [4.69, 9.17) is 14.7 Å². The zero-order chi connectivity index (χ0) is 20.5. The topological polar surface area (TPSA) is 59.1 Å². The first-order chi connectivity index (χ1) is 14.7. The predicted octanol–water partition coefficient (Wildman–Crippen LogP) is 5.62. The van der Waals surface area contributed by atoms with Crippen molar-refractivity contribution in [1.29, 1.82) is 0 Å². The van der Waals surface area contributed by atoms with Gasteiger partial charge in [0.2, 0.25) is 0 Å². The van der Waals surface area contributed by atoms with Crippen LogP contribution in [0, 0.1) is 0 Å². The fourth-order valence-electron chi connectivity index (χ4n) is 3.62. The van der Waals surface area contributed by atoms with E-state index in [0.29, 0.717) is 11.6 Å². The van der Waals surface area contributed by atoms with Gasteiger partial charge in [0.25, 0.3) is 0 Å². The fraction of sp³-hybridized carbons (Fsp3) is 0.0400. The van der Waals surface area contributed by atoms with Crippen LogP contribution in [-0.4, -0.2) is 27.8 Å². The standard InChI is InChI=1S/C25H19N3O2/c1-30-22-15-18(12-13-21(22)29)24-25(28-14-5-4-11-23(28)27-24)26-16-19-9-6-8-17-7-2-3-10-20(17)19/h2-16,29H,1H3/b26-16+. The molecule has 3 aromatic carbocycles. The molecule has 0 unspecified atom stereocenters. The smallest absolute Gasteiger partial charge is 0.165 e. The number of methoxy groups -OCH3 is 1. The van der Waals surface area contributed by atoms with E-state index in [1.807, 2.05) is 59.3 Å². The molecule has 5 rings (SSSR count). The summed E-state index contributed by atoms with van der Waals surface area (Å²) in [4.78, 5) is 9.62. The quantitative estimate of drug-likeness (QED) is 0.403. The van der Waals surface area contributed by atoms with Crippen LogP contribution in [0.1, 0.15) is 5.56 Å². The lowest BCUT2D eigenvalue weighted by Gasteiger charge is -2.06. The van der Waals surface area contributed by atoms with Crippen molar-refractivity contribution in [2.24, 2.45) is 4.99 Å². The van der Waals surface area contributed by atoms with E-state index in [-0.39, 0.29) is 5.75 Å². The second-order valence-corrected chi connectivity index (χ2v) is 6.93. The van der Waals surface area contributed by atoms with Crippen LogP contribution in [0.15, 0.2) is 90.1 Å². The number of phenols is 1. The molecule has 0 aliphatic heterocycles.